The number of halogens is 4. The lowest BCUT2D eigenvalue weighted by molar-refractivity contribution is -0.127. The van der Waals surface area contributed by atoms with Gasteiger partial charge in [0.25, 0.3) is 0 Å². The molecule has 1 aromatic carbocycles. The van der Waals surface area contributed by atoms with Gasteiger partial charge in [0.2, 0.25) is 0 Å². The van der Waals surface area contributed by atoms with Gasteiger partial charge in [-0.1, -0.05) is 6.42 Å². The molecule has 0 saturated carbocycles. The number of phenolic OH excluding ortho intramolecular Hbond substituents is 1. The lowest BCUT2D eigenvalue weighted by Gasteiger charge is -2.45. The van der Waals surface area contributed by atoms with E-state index in [0.717, 1.165) is 31.6 Å². The van der Waals surface area contributed by atoms with Crippen LogP contribution in [0.15, 0.2) is 33.8 Å². The van der Waals surface area contributed by atoms with Crippen LogP contribution in [0.25, 0.3) is 22.4 Å². The lowest BCUT2D eigenvalue weighted by Crippen LogP contribution is -2.61. The van der Waals surface area contributed by atoms with Crippen molar-refractivity contribution in [2.24, 2.45) is 0 Å². The smallest absolute Gasteiger partial charge is 0.393 e. The molecule has 2 aliphatic rings. The van der Waals surface area contributed by atoms with E-state index in [9.17, 15) is 23.1 Å². The molecule has 0 aliphatic carbocycles. The van der Waals surface area contributed by atoms with E-state index in [1.54, 1.807) is 11.9 Å². The predicted octanol–water partition coefficient (Wildman–Crippen LogP) is 3.51. The van der Waals surface area contributed by atoms with Crippen LogP contribution in [0.3, 0.4) is 0 Å². The van der Waals surface area contributed by atoms with E-state index < -0.39 is 35.5 Å². The standard InChI is InChI=1S/C23H23F4N5O3/c1-32(16-5-12-3-2-4-15(29-12)20(16)24)19-9-28-22(31-30-19)13-7-18-14(6-17(13)33)21(34)11(10-35-18)8-23(25,26)27/h6-7,9-10,12,15-16,20,29,33H,2-5,8H2,1H3/t12?,15?,16-,20+/m1/s1. The summed E-state index contributed by atoms with van der Waals surface area (Å²) < 4.78 is 58.4. The SMILES string of the molecule is CN(c1cnc(-c2cc3occ(CC(F)(F)F)c(=O)c3cc2O)nn1)[C@@H]1CC2CCCC(N2)[C@@H]1F. The summed E-state index contributed by atoms with van der Waals surface area (Å²) in [6.07, 6.45) is -1.45. The number of aromatic hydroxyl groups is 1. The van der Waals surface area contributed by atoms with E-state index in [-0.39, 0.29) is 40.5 Å². The molecule has 2 N–H and O–H groups in total. The van der Waals surface area contributed by atoms with Crippen molar-refractivity contribution in [3.63, 3.8) is 0 Å². The molecule has 0 radical (unpaired) electrons. The fraction of sp³-hybridized carbons (Fsp3) is 0.478. The van der Waals surface area contributed by atoms with Crippen LogP contribution < -0.4 is 15.6 Å². The number of nitrogens with zero attached hydrogens (tertiary/aromatic N) is 4. The zero-order valence-electron chi connectivity index (χ0n) is 18.7. The molecule has 3 aromatic rings. The Morgan fingerprint density at radius 1 is 1.26 bits per heavy atom. The fourth-order valence-electron chi connectivity index (χ4n) is 5.00. The van der Waals surface area contributed by atoms with Crippen LogP contribution in [0.1, 0.15) is 31.2 Å². The molecule has 2 aromatic heterocycles. The van der Waals surface area contributed by atoms with Gasteiger partial charge in [-0.05, 0) is 31.4 Å². The molecular weight excluding hydrogens is 470 g/mol. The molecule has 2 bridgehead atoms. The number of benzene rings is 1. The number of hydrogen-bond donors (Lipinski definition) is 2. The normalized spacial score (nSPS) is 24.5. The fourth-order valence-corrected chi connectivity index (χ4v) is 5.00. The third-order valence-corrected chi connectivity index (χ3v) is 6.80. The molecule has 0 amide bonds. The van der Waals surface area contributed by atoms with Gasteiger partial charge in [-0.2, -0.15) is 13.2 Å². The molecule has 4 heterocycles. The molecule has 4 atom stereocenters. The Balaban J connectivity index is 1.41. The second-order valence-electron chi connectivity index (χ2n) is 9.15. The van der Waals surface area contributed by atoms with Crippen molar-refractivity contribution in [1.82, 2.24) is 20.5 Å². The van der Waals surface area contributed by atoms with Gasteiger partial charge >= 0.3 is 6.18 Å². The van der Waals surface area contributed by atoms with Crippen molar-refractivity contribution in [3.8, 4) is 17.1 Å². The molecule has 8 nitrogen and oxygen atoms in total. The summed E-state index contributed by atoms with van der Waals surface area (Å²) in [6, 6.07) is 2.00. The predicted molar refractivity (Wildman–Crippen MR) is 119 cm³/mol. The van der Waals surface area contributed by atoms with Gasteiger partial charge in [-0.15, -0.1) is 10.2 Å². The Morgan fingerprint density at radius 3 is 2.77 bits per heavy atom. The minimum Gasteiger partial charge on any atom is -0.507 e. The summed E-state index contributed by atoms with van der Waals surface area (Å²) in [7, 11) is 1.74. The summed E-state index contributed by atoms with van der Waals surface area (Å²) in [5.41, 5.74) is -1.38. The molecule has 186 valence electrons. The number of fused-ring (bicyclic) bond motifs is 3. The summed E-state index contributed by atoms with van der Waals surface area (Å²) in [5, 5.41) is 21.8. The van der Waals surface area contributed by atoms with E-state index in [1.807, 2.05) is 0 Å². The highest BCUT2D eigenvalue weighted by Gasteiger charge is 2.42. The van der Waals surface area contributed by atoms with Gasteiger partial charge < -0.3 is 19.7 Å². The Labute approximate surface area is 197 Å². The number of phenols is 1. The number of alkyl halides is 4. The monoisotopic (exact) mass is 493 g/mol. The lowest BCUT2D eigenvalue weighted by atomic mass is 9.82. The third kappa shape index (κ3) is 4.54. The largest absolute Gasteiger partial charge is 0.507 e. The second-order valence-corrected chi connectivity index (χ2v) is 9.15. The summed E-state index contributed by atoms with van der Waals surface area (Å²) in [4.78, 5) is 18.4. The number of rotatable bonds is 4. The first kappa shape index (κ1) is 23.5. The van der Waals surface area contributed by atoms with E-state index in [1.165, 1.54) is 12.3 Å². The van der Waals surface area contributed by atoms with E-state index in [2.05, 4.69) is 20.5 Å². The maximum atomic E-state index is 15.0. The molecule has 12 heteroatoms. The van der Waals surface area contributed by atoms with E-state index in [4.69, 9.17) is 4.42 Å². The molecule has 2 saturated heterocycles. The van der Waals surface area contributed by atoms with Crippen molar-refractivity contribution in [1.29, 1.82) is 0 Å². The average molecular weight is 493 g/mol. The minimum atomic E-state index is -4.58. The van der Waals surface area contributed by atoms with Gasteiger partial charge in [-0.3, -0.25) is 4.79 Å². The highest BCUT2D eigenvalue weighted by atomic mass is 19.4. The van der Waals surface area contributed by atoms with Crippen molar-refractivity contribution >= 4 is 16.8 Å². The third-order valence-electron chi connectivity index (χ3n) is 6.80. The molecule has 2 unspecified atom stereocenters. The average Bonchev–Trinajstić information content (AvgIpc) is 2.82. The van der Waals surface area contributed by atoms with Crippen LogP contribution in [-0.2, 0) is 6.42 Å². The van der Waals surface area contributed by atoms with Crippen LogP contribution in [0, 0.1) is 0 Å². The Hall–Kier alpha value is -3.28. The number of aromatic nitrogens is 3. The number of hydrogen-bond acceptors (Lipinski definition) is 8. The van der Waals surface area contributed by atoms with Crippen LogP contribution >= 0.6 is 0 Å². The number of piperidine rings is 2. The zero-order chi connectivity index (χ0) is 24.9. The molecule has 2 aliphatic heterocycles. The summed E-state index contributed by atoms with van der Waals surface area (Å²) >= 11 is 0. The van der Waals surface area contributed by atoms with Gasteiger partial charge in [0.05, 0.1) is 35.9 Å². The first-order valence-corrected chi connectivity index (χ1v) is 11.3. The highest BCUT2D eigenvalue weighted by Crippen LogP contribution is 2.33. The van der Waals surface area contributed by atoms with Crippen LogP contribution in [0.5, 0.6) is 5.75 Å². The van der Waals surface area contributed by atoms with E-state index >= 15 is 4.39 Å². The number of nitrogens with one attached hydrogen (secondary N) is 1. The zero-order valence-corrected chi connectivity index (χ0v) is 18.7. The van der Waals surface area contributed by atoms with Crippen LogP contribution in [0.4, 0.5) is 23.4 Å². The Bertz CT molecular complexity index is 1300. The maximum Gasteiger partial charge on any atom is 0.393 e. The summed E-state index contributed by atoms with van der Waals surface area (Å²) in [6.45, 7) is 0. The van der Waals surface area contributed by atoms with Crippen LogP contribution in [0.2, 0.25) is 0 Å². The maximum absolute atomic E-state index is 15.0. The topological polar surface area (TPSA) is 104 Å². The first-order valence-electron chi connectivity index (χ1n) is 11.3. The van der Waals surface area contributed by atoms with Crippen LogP contribution in [-0.4, -0.2) is 57.8 Å². The van der Waals surface area contributed by atoms with Gasteiger partial charge in [0.15, 0.2) is 17.1 Å². The Kier molecular flexibility index (Phi) is 5.86. The van der Waals surface area contributed by atoms with Crippen molar-refractivity contribution in [3.05, 3.63) is 40.4 Å². The van der Waals surface area contributed by atoms with Crippen molar-refractivity contribution in [2.45, 2.75) is 62.6 Å². The quantitative estimate of drug-likeness (QED) is 0.533. The minimum absolute atomic E-state index is 0.0162. The summed E-state index contributed by atoms with van der Waals surface area (Å²) in [5.74, 6) is -0.0283. The van der Waals surface area contributed by atoms with Gasteiger partial charge in [0.1, 0.15) is 17.5 Å². The number of anilines is 1. The molecular formula is C23H23F4N5O3. The molecule has 35 heavy (non-hydrogen) atoms. The van der Waals surface area contributed by atoms with Crippen molar-refractivity contribution in [2.75, 3.05) is 11.9 Å². The molecule has 0 spiro atoms. The highest BCUT2D eigenvalue weighted by molar-refractivity contribution is 5.85. The Morgan fingerprint density at radius 2 is 2.06 bits per heavy atom. The molecule has 5 rings (SSSR count). The molecule has 2 fully saturated rings. The second kappa shape index (κ2) is 8.74. The van der Waals surface area contributed by atoms with E-state index in [0.29, 0.717) is 12.2 Å². The first-order chi connectivity index (χ1) is 16.6. The van der Waals surface area contributed by atoms with Gasteiger partial charge in [-0.25, -0.2) is 9.37 Å². The van der Waals surface area contributed by atoms with Gasteiger partial charge in [0, 0.05) is 24.7 Å². The van der Waals surface area contributed by atoms with Crippen molar-refractivity contribution < 1.29 is 27.1 Å².